The molecule has 0 saturated heterocycles. The van der Waals surface area contributed by atoms with Crippen LogP contribution in [0.25, 0.3) is 0 Å². The van der Waals surface area contributed by atoms with Gasteiger partial charge in [-0.2, -0.15) is 0 Å². The number of hydrogen-bond acceptors (Lipinski definition) is 3. The van der Waals surface area contributed by atoms with Gasteiger partial charge in [-0.3, -0.25) is 14.6 Å². The molecule has 29 heavy (non-hydrogen) atoms. The highest BCUT2D eigenvalue weighted by molar-refractivity contribution is 6.02. The Morgan fingerprint density at radius 1 is 1.14 bits per heavy atom. The van der Waals surface area contributed by atoms with E-state index in [2.05, 4.69) is 10.3 Å². The highest BCUT2D eigenvalue weighted by Crippen LogP contribution is 2.33. The molecule has 2 heterocycles. The van der Waals surface area contributed by atoms with E-state index in [1.807, 2.05) is 43.3 Å². The fraction of sp³-hybridized carbons (Fsp3) is 0.458. The molecule has 5 heteroatoms. The molecule has 1 saturated carbocycles. The van der Waals surface area contributed by atoms with Crippen LogP contribution in [0.2, 0.25) is 0 Å². The molecule has 1 aromatic carbocycles. The number of carbonyl (C=O) groups excluding carboxylic acids is 2. The summed E-state index contributed by atoms with van der Waals surface area (Å²) in [6.45, 7) is 2.28. The zero-order valence-electron chi connectivity index (χ0n) is 17.1. The summed E-state index contributed by atoms with van der Waals surface area (Å²) in [5.74, 6) is -0.134. The SMILES string of the molecule is CC1(C(=O)NC2CCCCCC2)Cc2ccccc2C(=O)N1Cc1cccnc1. The Labute approximate surface area is 172 Å². The van der Waals surface area contributed by atoms with Gasteiger partial charge in [-0.1, -0.05) is 49.9 Å². The van der Waals surface area contributed by atoms with Gasteiger partial charge >= 0.3 is 0 Å². The zero-order valence-corrected chi connectivity index (χ0v) is 17.1. The Hall–Kier alpha value is -2.69. The Morgan fingerprint density at radius 3 is 2.62 bits per heavy atom. The summed E-state index contributed by atoms with van der Waals surface area (Å²) in [5.41, 5.74) is 1.64. The molecule has 0 spiro atoms. The second-order valence-electron chi connectivity index (χ2n) is 8.52. The summed E-state index contributed by atoms with van der Waals surface area (Å²) in [5, 5.41) is 3.29. The van der Waals surface area contributed by atoms with Crippen molar-refractivity contribution in [1.29, 1.82) is 0 Å². The highest BCUT2D eigenvalue weighted by Gasteiger charge is 2.47. The predicted molar refractivity (Wildman–Crippen MR) is 112 cm³/mol. The lowest BCUT2D eigenvalue weighted by atomic mass is 9.82. The maximum atomic E-state index is 13.5. The van der Waals surface area contributed by atoms with Crippen LogP contribution in [0.1, 0.15) is 66.9 Å². The minimum Gasteiger partial charge on any atom is -0.351 e. The van der Waals surface area contributed by atoms with Crippen LogP contribution in [0.3, 0.4) is 0 Å². The van der Waals surface area contributed by atoms with Crippen molar-refractivity contribution in [3.05, 3.63) is 65.5 Å². The van der Waals surface area contributed by atoms with Gasteiger partial charge in [0.15, 0.2) is 0 Å². The topological polar surface area (TPSA) is 62.3 Å². The summed E-state index contributed by atoms with van der Waals surface area (Å²) >= 11 is 0. The molecule has 0 bridgehead atoms. The summed E-state index contributed by atoms with van der Waals surface area (Å²) < 4.78 is 0. The molecule has 4 rings (SSSR count). The first-order chi connectivity index (χ1) is 14.1. The van der Waals surface area contributed by atoms with Crippen LogP contribution in [0, 0.1) is 0 Å². The van der Waals surface area contributed by atoms with Gasteiger partial charge in [0.1, 0.15) is 5.54 Å². The number of amides is 2. The van der Waals surface area contributed by atoms with Crippen molar-refractivity contribution in [2.45, 2.75) is 70.0 Å². The first-order valence-electron chi connectivity index (χ1n) is 10.7. The van der Waals surface area contributed by atoms with Crippen LogP contribution in [-0.4, -0.2) is 33.3 Å². The Bertz CT molecular complexity index is 875. The van der Waals surface area contributed by atoms with Crippen molar-refractivity contribution in [2.75, 3.05) is 0 Å². The van der Waals surface area contributed by atoms with Gasteiger partial charge in [0.25, 0.3) is 5.91 Å². The molecular weight excluding hydrogens is 362 g/mol. The Morgan fingerprint density at radius 2 is 1.90 bits per heavy atom. The van der Waals surface area contributed by atoms with Crippen LogP contribution in [-0.2, 0) is 17.8 Å². The normalized spacial score (nSPS) is 22.7. The van der Waals surface area contributed by atoms with E-state index in [0.717, 1.165) is 36.8 Å². The van der Waals surface area contributed by atoms with Gasteiger partial charge in [-0.05, 0) is 43.0 Å². The summed E-state index contributed by atoms with van der Waals surface area (Å²) in [4.78, 5) is 32.9. The lowest BCUT2D eigenvalue weighted by Gasteiger charge is -2.44. The second-order valence-corrected chi connectivity index (χ2v) is 8.52. The van der Waals surface area contributed by atoms with Crippen molar-refractivity contribution >= 4 is 11.8 Å². The van der Waals surface area contributed by atoms with Gasteiger partial charge in [0.2, 0.25) is 5.91 Å². The van der Waals surface area contributed by atoms with Gasteiger partial charge in [0.05, 0.1) is 0 Å². The van der Waals surface area contributed by atoms with Gasteiger partial charge < -0.3 is 10.2 Å². The minimum atomic E-state index is -0.923. The fourth-order valence-corrected chi connectivity index (χ4v) is 4.61. The van der Waals surface area contributed by atoms with E-state index in [1.165, 1.54) is 12.8 Å². The first kappa shape index (κ1) is 19.6. The average Bonchev–Trinajstić information content (AvgIpc) is 3.00. The standard InChI is InChI=1S/C24H29N3O2/c1-24(23(29)26-20-11-4-2-3-5-12-20)15-19-10-6-7-13-21(19)22(28)27(24)17-18-9-8-14-25-16-18/h6-10,13-14,16,20H,2-5,11-12,15,17H2,1H3,(H,26,29). The number of aromatic nitrogens is 1. The predicted octanol–water partition coefficient (Wildman–Crippen LogP) is 3.88. The maximum Gasteiger partial charge on any atom is 0.255 e. The molecule has 1 aliphatic heterocycles. The highest BCUT2D eigenvalue weighted by atomic mass is 16.2. The first-order valence-corrected chi connectivity index (χ1v) is 10.7. The second kappa shape index (κ2) is 8.36. The van der Waals surface area contributed by atoms with E-state index in [0.29, 0.717) is 18.5 Å². The quantitative estimate of drug-likeness (QED) is 0.805. The van der Waals surface area contributed by atoms with Crippen LogP contribution in [0.4, 0.5) is 0 Å². The van der Waals surface area contributed by atoms with Gasteiger partial charge in [0, 0.05) is 37.0 Å². The third kappa shape index (κ3) is 4.04. The van der Waals surface area contributed by atoms with Crippen molar-refractivity contribution < 1.29 is 9.59 Å². The summed E-state index contributed by atoms with van der Waals surface area (Å²) in [6, 6.07) is 11.7. The van der Waals surface area contributed by atoms with E-state index in [9.17, 15) is 9.59 Å². The zero-order chi connectivity index (χ0) is 20.3. The fourth-order valence-electron chi connectivity index (χ4n) is 4.61. The summed E-state index contributed by atoms with van der Waals surface area (Å²) in [7, 11) is 0. The summed E-state index contributed by atoms with van der Waals surface area (Å²) in [6.07, 6.45) is 10.8. The maximum absolute atomic E-state index is 13.5. The number of benzene rings is 1. The van der Waals surface area contributed by atoms with Crippen LogP contribution in [0.15, 0.2) is 48.8 Å². The molecule has 1 aromatic heterocycles. The minimum absolute atomic E-state index is 0.0452. The van der Waals surface area contributed by atoms with Gasteiger partial charge in [-0.15, -0.1) is 0 Å². The van der Waals surface area contributed by atoms with Crippen molar-refractivity contribution in [3.8, 4) is 0 Å². The number of nitrogens with one attached hydrogen (secondary N) is 1. The molecule has 2 aromatic rings. The smallest absolute Gasteiger partial charge is 0.255 e. The molecular formula is C24H29N3O2. The third-order valence-corrected chi connectivity index (χ3v) is 6.37. The van der Waals surface area contributed by atoms with E-state index in [1.54, 1.807) is 17.3 Å². The number of carbonyl (C=O) groups is 2. The van der Waals surface area contributed by atoms with Gasteiger partial charge in [-0.25, -0.2) is 0 Å². The Balaban J connectivity index is 1.65. The van der Waals surface area contributed by atoms with Crippen LogP contribution < -0.4 is 5.32 Å². The van der Waals surface area contributed by atoms with E-state index in [4.69, 9.17) is 0 Å². The molecule has 1 aliphatic carbocycles. The molecule has 1 fully saturated rings. The molecule has 2 amide bonds. The molecule has 1 N–H and O–H groups in total. The molecule has 152 valence electrons. The molecule has 2 aliphatic rings. The monoisotopic (exact) mass is 391 g/mol. The van der Waals surface area contributed by atoms with Crippen LogP contribution >= 0.6 is 0 Å². The number of hydrogen-bond donors (Lipinski definition) is 1. The largest absolute Gasteiger partial charge is 0.351 e. The lowest BCUT2D eigenvalue weighted by molar-refractivity contribution is -0.132. The number of rotatable bonds is 4. The van der Waals surface area contributed by atoms with E-state index in [-0.39, 0.29) is 17.9 Å². The number of nitrogens with zero attached hydrogens (tertiary/aromatic N) is 2. The molecule has 5 nitrogen and oxygen atoms in total. The Kier molecular flexibility index (Phi) is 5.65. The van der Waals surface area contributed by atoms with Crippen molar-refractivity contribution in [3.63, 3.8) is 0 Å². The molecule has 1 unspecified atom stereocenters. The number of pyridine rings is 1. The average molecular weight is 392 g/mol. The molecule has 1 atom stereocenters. The van der Waals surface area contributed by atoms with E-state index >= 15 is 0 Å². The van der Waals surface area contributed by atoms with Crippen molar-refractivity contribution in [2.24, 2.45) is 0 Å². The van der Waals surface area contributed by atoms with Crippen LogP contribution in [0.5, 0.6) is 0 Å². The third-order valence-electron chi connectivity index (χ3n) is 6.37. The molecule has 0 radical (unpaired) electrons. The number of fused-ring (bicyclic) bond motifs is 1. The van der Waals surface area contributed by atoms with Crippen molar-refractivity contribution in [1.82, 2.24) is 15.2 Å². The van der Waals surface area contributed by atoms with E-state index < -0.39 is 5.54 Å². The lowest BCUT2D eigenvalue weighted by Crippen LogP contribution is -2.63.